The Hall–Kier alpha value is -0.590. The molecule has 0 unspecified atom stereocenters. The summed E-state index contributed by atoms with van der Waals surface area (Å²) in [5, 5.41) is 8.82. The standard InChI is InChI=1S/C13H23N3/c1-15-9-3-12(4-10-15)16(2)11-13(5-6-13)7-8-14/h12H,3-7,9-11H2,1-2H3. The van der Waals surface area contributed by atoms with Crippen molar-refractivity contribution in [1.29, 1.82) is 5.26 Å². The van der Waals surface area contributed by atoms with Gasteiger partial charge in [0.05, 0.1) is 6.07 Å². The predicted octanol–water partition coefficient (Wildman–Crippen LogP) is 1.71. The molecule has 0 spiro atoms. The van der Waals surface area contributed by atoms with Gasteiger partial charge in [-0.1, -0.05) is 0 Å². The average molecular weight is 221 g/mol. The van der Waals surface area contributed by atoms with Gasteiger partial charge in [0.2, 0.25) is 0 Å². The first-order valence-electron chi connectivity index (χ1n) is 6.41. The molecule has 1 aliphatic heterocycles. The molecule has 0 aromatic carbocycles. The summed E-state index contributed by atoms with van der Waals surface area (Å²) >= 11 is 0. The largest absolute Gasteiger partial charge is 0.306 e. The van der Waals surface area contributed by atoms with Crippen molar-refractivity contribution in [3.8, 4) is 6.07 Å². The van der Waals surface area contributed by atoms with E-state index in [1.807, 2.05) is 0 Å². The lowest BCUT2D eigenvalue weighted by atomic mass is 9.99. The average Bonchev–Trinajstić information content (AvgIpc) is 2.99. The number of rotatable bonds is 4. The molecular weight excluding hydrogens is 198 g/mol. The van der Waals surface area contributed by atoms with Gasteiger partial charge in [0.15, 0.2) is 0 Å². The van der Waals surface area contributed by atoms with Gasteiger partial charge in [0, 0.05) is 19.0 Å². The molecule has 2 aliphatic rings. The molecule has 1 saturated carbocycles. The van der Waals surface area contributed by atoms with E-state index in [0.717, 1.165) is 19.0 Å². The highest BCUT2D eigenvalue weighted by Crippen LogP contribution is 2.49. The number of nitriles is 1. The van der Waals surface area contributed by atoms with Gasteiger partial charge in [0.25, 0.3) is 0 Å². The van der Waals surface area contributed by atoms with E-state index in [9.17, 15) is 0 Å². The molecule has 3 nitrogen and oxygen atoms in total. The van der Waals surface area contributed by atoms with Gasteiger partial charge in [0.1, 0.15) is 0 Å². The summed E-state index contributed by atoms with van der Waals surface area (Å²) in [5.41, 5.74) is 0.368. The summed E-state index contributed by atoms with van der Waals surface area (Å²) in [6.07, 6.45) is 5.85. The second kappa shape index (κ2) is 4.73. The molecule has 1 aliphatic carbocycles. The van der Waals surface area contributed by atoms with Crippen molar-refractivity contribution in [1.82, 2.24) is 9.80 Å². The van der Waals surface area contributed by atoms with Crippen molar-refractivity contribution in [2.24, 2.45) is 5.41 Å². The number of hydrogen-bond acceptors (Lipinski definition) is 3. The lowest BCUT2D eigenvalue weighted by Crippen LogP contribution is -2.43. The third-order valence-corrected chi connectivity index (χ3v) is 4.31. The monoisotopic (exact) mass is 221 g/mol. The van der Waals surface area contributed by atoms with Crippen molar-refractivity contribution in [2.45, 2.75) is 38.1 Å². The molecule has 0 amide bonds. The fourth-order valence-electron chi connectivity index (χ4n) is 2.83. The second-order valence-electron chi connectivity index (χ2n) is 5.78. The quantitative estimate of drug-likeness (QED) is 0.724. The van der Waals surface area contributed by atoms with Crippen LogP contribution in [0, 0.1) is 16.7 Å². The van der Waals surface area contributed by atoms with E-state index in [1.54, 1.807) is 0 Å². The number of piperidine rings is 1. The molecule has 0 radical (unpaired) electrons. The molecular formula is C13H23N3. The highest BCUT2D eigenvalue weighted by Gasteiger charge is 2.43. The Morgan fingerprint density at radius 1 is 1.38 bits per heavy atom. The van der Waals surface area contributed by atoms with Crippen molar-refractivity contribution in [3.05, 3.63) is 0 Å². The van der Waals surface area contributed by atoms with Gasteiger partial charge in [-0.3, -0.25) is 0 Å². The SMILES string of the molecule is CN1CCC(N(C)CC2(CC#N)CC2)CC1. The molecule has 0 aromatic heterocycles. The van der Waals surface area contributed by atoms with Crippen LogP contribution in [-0.4, -0.2) is 49.6 Å². The first kappa shape index (κ1) is 11.9. The molecule has 0 atom stereocenters. The number of nitrogens with zero attached hydrogens (tertiary/aromatic N) is 3. The van der Waals surface area contributed by atoms with E-state index in [-0.39, 0.29) is 0 Å². The minimum atomic E-state index is 0.368. The minimum absolute atomic E-state index is 0.368. The third-order valence-electron chi connectivity index (χ3n) is 4.31. The first-order chi connectivity index (χ1) is 7.65. The first-order valence-corrected chi connectivity index (χ1v) is 6.41. The van der Waals surface area contributed by atoms with E-state index < -0.39 is 0 Å². The summed E-state index contributed by atoms with van der Waals surface area (Å²) in [6, 6.07) is 3.09. The van der Waals surface area contributed by atoms with Crippen LogP contribution in [0.4, 0.5) is 0 Å². The molecule has 0 bridgehead atoms. The lowest BCUT2D eigenvalue weighted by Gasteiger charge is -2.36. The van der Waals surface area contributed by atoms with Gasteiger partial charge in [-0.05, 0) is 58.3 Å². The smallest absolute Gasteiger partial charge is 0.0628 e. The number of hydrogen-bond donors (Lipinski definition) is 0. The predicted molar refractivity (Wildman–Crippen MR) is 65.0 cm³/mol. The van der Waals surface area contributed by atoms with Crippen LogP contribution < -0.4 is 0 Å². The van der Waals surface area contributed by atoms with E-state index in [4.69, 9.17) is 5.26 Å². The highest BCUT2D eigenvalue weighted by molar-refractivity contribution is 5.01. The van der Waals surface area contributed by atoms with Crippen LogP contribution in [0.15, 0.2) is 0 Å². The molecule has 1 saturated heterocycles. The third kappa shape index (κ3) is 2.75. The van der Waals surface area contributed by atoms with E-state index in [1.165, 1.54) is 38.8 Å². The van der Waals surface area contributed by atoms with E-state index in [2.05, 4.69) is 30.0 Å². The highest BCUT2D eigenvalue weighted by atomic mass is 15.2. The zero-order chi connectivity index (χ0) is 11.6. The molecule has 2 fully saturated rings. The van der Waals surface area contributed by atoms with Crippen LogP contribution in [0.25, 0.3) is 0 Å². The summed E-state index contributed by atoms with van der Waals surface area (Å²) < 4.78 is 0. The Bertz CT molecular complexity index is 269. The Morgan fingerprint density at radius 3 is 2.50 bits per heavy atom. The van der Waals surface area contributed by atoms with Gasteiger partial charge < -0.3 is 9.80 Å². The second-order valence-corrected chi connectivity index (χ2v) is 5.78. The Balaban J connectivity index is 1.80. The topological polar surface area (TPSA) is 30.3 Å². The summed E-state index contributed by atoms with van der Waals surface area (Å²) in [6.45, 7) is 3.58. The van der Waals surface area contributed by atoms with Crippen LogP contribution >= 0.6 is 0 Å². The van der Waals surface area contributed by atoms with Crippen molar-refractivity contribution < 1.29 is 0 Å². The molecule has 0 N–H and O–H groups in total. The molecule has 3 heteroatoms. The van der Waals surface area contributed by atoms with Gasteiger partial charge in [-0.25, -0.2) is 0 Å². The fourth-order valence-corrected chi connectivity index (χ4v) is 2.83. The normalized spacial score (nSPS) is 25.6. The number of likely N-dealkylation sites (tertiary alicyclic amines) is 1. The fraction of sp³-hybridized carbons (Fsp3) is 0.923. The van der Waals surface area contributed by atoms with E-state index >= 15 is 0 Å². The van der Waals surface area contributed by atoms with Crippen molar-refractivity contribution in [2.75, 3.05) is 33.7 Å². The zero-order valence-electron chi connectivity index (χ0n) is 10.6. The van der Waals surface area contributed by atoms with Crippen molar-refractivity contribution >= 4 is 0 Å². The van der Waals surface area contributed by atoms with E-state index in [0.29, 0.717) is 5.41 Å². The molecule has 1 heterocycles. The molecule has 2 rings (SSSR count). The lowest BCUT2D eigenvalue weighted by molar-refractivity contribution is 0.125. The summed E-state index contributed by atoms with van der Waals surface area (Å²) in [4.78, 5) is 4.92. The maximum Gasteiger partial charge on any atom is 0.0628 e. The molecule has 90 valence electrons. The maximum absolute atomic E-state index is 8.82. The summed E-state index contributed by atoms with van der Waals surface area (Å²) in [7, 11) is 4.45. The van der Waals surface area contributed by atoms with Crippen molar-refractivity contribution in [3.63, 3.8) is 0 Å². The van der Waals surface area contributed by atoms with Gasteiger partial charge in [-0.2, -0.15) is 5.26 Å². The van der Waals surface area contributed by atoms with Crippen LogP contribution in [0.1, 0.15) is 32.1 Å². The van der Waals surface area contributed by atoms with Crippen LogP contribution in [0.5, 0.6) is 0 Å². The Morgan fingerprint density at radius 2 is 2.00 bits per heavy atom. The van der Waals surface area contributed by atoms with Crippen LogP contribution in [-0.2, 0) is 0 Å². The van der Waals surface area contributed by atoms with Gasteiger partial charge >= 0.3 is 0 Å². The summed E-state index contributed by atoms with van der Waals surface area (Å²) in [5.74, 6) is 0. The maximum atomic E-state index is 8.82. The molecule has 16 heavy (non-hydrogen) atoms. The minimum Gasteiger partial charge on any atom is -0.306 e. The van der Waals surface area contributed by atoms with Crippen LogP contribution in [0.3, 0.4) is 0 Å². The zero-order valence-corrected chi connectivity index (χ0v) is 10.6. The molecule has 0 aromatic rings. The van der Waals surface area contributed by atoms with Gasteiger partial charge in [-0.15, -0.1) is 0 Å². The Labute approximate surface area is 99.0 Å². The van der Waals surface area contributed by atoms with Crippen LogP contribution in [0.2, 0.25) is 0 Å². The Kier molecular flexibility index (Phi) is 3.51.